The zero-order chi connectivity index (χ0) is 19.7. The Balaban J connectivity index is 1.63. The van der Waals surface area contributed by atoms with E-state index < -0.39 is 17.6 Å². The SMILES string of the molecule is N#CC(F)=CC=C[C@H]1CC[C@H](CCCCc2ccc(C(F)(F)F)cc2)CC1. The second-order valence-electron chi connectivity index (χ2n) is 7.23. The van der Waals surface area contributed by atoms with Crippen molar-refractivity contribution in [1.29, 1.82) is 5.26 Å². The minimum Gasteiger partial charge on any atom is -0.195 e. The summed E-state index contributed by atoms with van der Waals surface area (Å²) in [6, 6.07) is 6.91. The number of allylic oxidation sites excluding steroid dienone is 4. The topological polar surface area (TPSA) is 23.8 Å². The summed E-state index contributed by atoms with van der Waals surface area (Å²) in [5, 5.41) is 8.35. The van der Waals surface area contributed by atoms with Crippen LogP contribution in [0.15, 0.2) is 48.3 Å². The molecule has 27 heavy (non-hydrogen) atoms. The summed E-state index contributed by atoms with van der Waals surface area (Å²) in [6.07, 6.45) is 9.06. The number of alkyl halides is 3. The second-order valence-corrected chi connectivity index (χ2v) is 7.23. The maximum atomic E-state index is 12.7. The van der Waals surface area contributed by atoms with Gasteiger partial charge in [-0.05, 0) is 74.1 Å². The van der Waals surface area contributed by atoms with Crippen LogP contribution in [0.25, 0.3) is 0 Å². The normalized spacial score (nSPS) is 21.4. The standard InChI is InChI=1S/C22H25F4N/c23-21(16-27)7-3-6-19-10-8-17(9-11-19)4-1-2-5-18-12-14-20(15-13-18)22(24,25)26/h3,6-7,12-15,17,19H,1-2,4-5,8-11H2/t17-,19-. The summed E-state index contributed by atoms with van der Waals surface area (Å²) in [6.45, 7) is 0. The van der Waals surface area contributed by atoms with E-state index in [1.54, 1.807) is 18.2 Å². The molecule has 0 aromatic heterocycles. The van der Waals surface area contributed by atoms with Crippen LogP contribution in [0.2, 0.25) is 0 Å². The summed E-state index contributed by atoms with van der Waals surface area (Å²) < 4.78 is 50.3. The average molecular weight is 379 g/mol. The molecule has 1 aliphatic rings. The highest BCUT2D eigenvalue weighted by Crippen LogP contribution is 2.33. The molecule has 2 rings (SSSR count). The minimum absolute atomic E-state index is 0.455. The summed E-state index contributed by atoms with van der Waals surface area (Å²) in [7, 11) is 0. The number of nitrogens with zero attached hydrogens (tertiary/aromatic N) is 1. The summed E-state index contributed by atoms with van der Waals surface area (Å²) in [5.74, 6) is 0.387. The predicted molar refractivity (Wildman–Crippen MR) is 98.4 cm³/mol. The van der Waals surface area contributed by atoms with E-state index >= 15 is 0 Å². The lowest BCUT2D eigenvalue weighted by molar-refractivity contribution is -0.137. The zero-order valence-corrected chi connectivity index (χ0v) is 15.3. The van der Waals surface area contributed by atoms with E-state index in [0.717, 1.165) is 69.1 Å². The van der Waals surface area contributed by atoms with Crippen molar-refractivity contribution in [3.8, 4) is 6.07 Å². The molecule has 0 saturated heterocycles. The fourth-order valence-electron chi connectivity index (χ4n) is 3.63. The van der Waals surface area contributed by atoms with Crippen LogP contribution >= 0.6 is 0 Å². The lowest BCUT2D eigenvalue weighted by Crippen LogP contribution is -2.13. The quantitative estimate of drug-likeness (QED) is 0.213. The van der Waals surface area contributed by atoms with E-state index in [-0.39, 0.29) is 0 Å². The van der Waals surface area contributed by atoms with Crippen molar-refractivity contribution < 1.29 is 17.6 Å². The molecule has 0 amide bonds. The van der Waals surface area contributed by atoms with Crippen molar-refractivity contribution in [2.75, 3.05) is 0 Å². The molecule has 1 aromatic carbocycles. The molecule has 0 unspecified atom stereocenters. The molecule has 146 valence electrons. The Morgan fingerprint density at radius 1 is 1.07 bits per heavy atom. The summed E-state index contributed by atoms with van der Waals surface area (Å²) in [4.78, 5) is 0. The van der Waals surface area contributed by atoms with Gasteiger partial charge < -0.3 is 0 Å². The maximum absolute atomic E-state index is 12.7. The van der Waals surface area contributed by atoms with E-state index in [1.165, 1.54) is 12.1 Å². The summed E-state index contributed by atoms with van der Waals surface area (Å²) in [5.41, 5.74) is 0.359. The van der Waals surface area contributed by atoms with Crippen LogP contribution < -0.4 is 0 Å². The maximum Gasteiger partial charge on any atom is 0.416 e. The first-order valence-electron chi connectivity index (χ1n) is 9.48. The smallest absolute Gasteiger partial charge is 0.195 e. The zero-order valence-electron chi connectivity index (χ0n) is 15.3. The molecule has 1 fully saturated rings. The molecule has 0 aliphatic heterocycles. The number of hydrogen-bond acceptors (Lipinski definition) is 1. The van der Waals surface area contributed by atoms with Crippen LogP contribution in [0.4, 0.5) is 17.6 Å². The van der Waals surface area contributed by atoms with Crippen molar-refractivity contribution in [2.45, 2.75) is 57.5 Å². The van der Waals surface area contributed by atoms with Gasteiger partial charge >= 0.3 is 6.18 Å². The molecular weight excluding hydrogens is 354 g/mol. The van der Waals surface area contributed by atoms with Crippen LogP contribution in [0.5, 0.6) is 0 Å². The number of benzene rings is 1. The lowest BCUT2D eigenvalue weighted by Gasteiger charge is -2.26. The Morgan fingerprint density at radius 2 is 1.74 bits per heavy atom. The molecular formula is C22H25F4N. The first kappa shape index (κ1) is 21.2. The third-order valence-electron chi connectivity index (χ3n) is 5.23. The minimum atomic E-state index is -4.27. The van der Waals surface area contributed by atoms with Gasteiger partial charge in [0.1, 0.15) is 6.07 Å². The highest BCUT2D eigenvalue weighted by atomic mass is 19.4. The number of nitriles is 1. The molecule has 0 bridgehead atoms. The summed E-state index contributed by atoms with van der Waals surface area (Å²) >= 11 is 0. The molecule has 1 aromatic rings. The van der Waals surface area contributed by atoms with Gasteiger partial charge in [-0.1, -0.05) is 37.1 Å². The van der Waals surface area contributed by atoms with Gasteiger partial charge in [0.15, 0.2) is 5.83 Å². The van der Waals surface area contributed by atoms with Gasteiger partial charge in [0, 0.05) is 0 Å². The van der Waals surface area contributed by atoms with E-state index in [9.17, 15) is 17.6 Å². The molecule has 0 heterocycles. The Hall–Kier alpha value is -2.09. The van der Waals surface area contributed by atoms with Crippen LogP contribution in [0, 0.1) is 23.2 Å². The van der Waals surface area contributed by atoms with Gasteiger partial charge in [-0.3, -0.25) is 0 Å². The predicted octanol–water partition coefficient (Wildman–Crippen LogP) is 7.16. The Labute approximate surface area is 158 Å². The van der Waals surface area contributed by atoms with E-state index in [2.05, 4.69) is 0 Å². The van der Waals surface area contributed by atoms with Gasteiger partial charge in [-0.25, -0.2) is 0 Å². The van der Waals surface area contributed by atoms with Gasteiger partial charge in [-0.15, -0.1) is 0 Å². The number of halogens is 4. The fourth-order valence-corrected chi connectivity index (χ4v) is 3.63. The molecule has 1 aliphatic carbocycles. The lowest BCUT2D eigenvalue weighted by atomic mass is 9.79. The van der Waals surface area contributed by atoms with Crippen molar-refractivity contribution >= 4 is 0 Å². The Morgan fingerprint density at radius 3 is 2.33 bits per heavy atom. The first-order valence-corrected chi connectivity index (χ1v) is 9.48. The van der Waals surface area contributed by atoms with Crippen molar-refractivity contribution in [1.82, 2.24) is 0 Å². The van der Waals surface area contributed by atoms with E-state index in [4.69, 9.17) is 5.26 Å². The van der Waals surface area contributed by atoms with Gasteiger partial charge in [-0.2, -0.15) is 22.8 Å². The van der Waals surface area contributed by atoms with Crippen LogP contribution in [0.3, 0.4) is 0 Å². The van der Waals surface area contributed by atoms with Crippen molar-refractivity contribution in [3.05, 3.63) is 59.4 Å². The van der Waals surface area contributed by atoms with Gasteiger partial charge in [0.25, 0.3) is 0 Å². The van der Waals surface area contributed by atoms with Crippen molar-refractivity contribution in [3.63, 3.8) is 0 Å². The van der Waals surface area contributed by atoms with Gasteiger partial charge in [0.2, 0.25) is 0 Å². The molecule has 0 N–H and O–H groups in total. The highest BCUT2D eigenvalue weighted by Gasteiger charge is 2.29. The van der Waals surface area contributed by atoms with Crippen LogP contribution in [-0.4, -0.2) is 0 Å². The van der Waals surface area contributed by atoms with Gasteiger partial charge in [0.05, 0.1) is 5.56 Å². The number of aryl methyl sites for hydroxylation is 1. The number of hydrogen-bond donors (Lipinski definition) is 0. The molecule has 0 radical (unpaired) electrons. The Bertz CT molecular complexity index is 672. The Kier molecular flexibility index (Phi) is 8.09. The molecule has 0 spiro atoms. The number of rotatable bonds is 7. The second kappa shape index (κ2) is 10.3. The molecule has 5 heteroatoms. The third kappa shape index (κ3) is 7.58. The first-order chi connectivity index (χ1) is 12.9. The molecule has 1 nitrogen and oxygen atoms in total. The van der Waals surface area contributed by atoms with E-state index in [0.29, 0.717) is 11.8 Å². The largest absolute Gasteiger partial charge is 0.416 e. The number of unbranched alkanes of at least 4 members (excludes halogenated alkanes) is 1. The van der Waals surface area contributed by atoms with E-state index in [1.807, 2.05) is 6.08 Å². The molecule has 1 saturated carbocycles. The fraction of sp³-hybridized carbons (Fsp3) is 0.500. The van der Waals surface area contributed by atoms with Crippen molar-refractivity contribution in [2.24, 2.45) is 11.8 Å². The average Bonchev–Trinajstić information content (AvgIpc) is 2.66. The molecule has 0 atom stereocenters. The van der Waals surface area contributed by atoms with Crippen LogP contribution in [0.1, 0.15) is 56.1 Å². The monoisotopic (exact) mass is 379 g/mol. The van der Waals surface area contributed by atoms with Crippen LogP contribution in [-0.2, 0) is 12.6 Å². The highest BCUT2D eigenvalue weighted by molar-refractivity contribution is 5.24. The third-order valence-corrected chi connectivity index (χ3v) is 5.23.